The number of amides is 1. The van der Waals surface area contributed by atoms with Crippen LogP contribution in [0.5, 0.6) is 0 Å². The average molecular weight is 299 g/mol. The summed E-state index contributed by atoms with van der Waals surface area (Å²) in [6.45, 7) is 0.571. The fraction of sp³-hybridized carbons (Fsp3) is 0.167. The molecule has 0 radical (unpaired) electrons. The first kappa shape index (κ1) is 15.9. The number of benzene rings is 2. The zero-order valence-electron chi connectivity index (χ0n) is 12.2. The van der Waals surface area contributed by atoms with E-state index in [1.54, 1.807) is 23.1 Å². The van der Waals surface area contributed by atoms with E-state index in [0.29, 0.717) is 12.1 Å². The number of hydrogen-bond acceptors (Lipinski definition) is 2. The molecule has 1 amide bonds. The number of carbonyl (C=O) groups excluding carboxylic acids is 1. The molecule has 4 heteroatoms. The Kier molecular flexibility index (Phi) is 5.86. The number of aliphatic hydroxyl groups is 1. The van der Waals surface area contributed by atoms with Gasteiger partial charge in [-0.25, -0.2) is 4.39 Å². The summed E-state index contributed by atoms with van der Waals surface area (Å²) in [7, 11) is 0. The molecular formula is C18H18FNO2. The van der Waals surface area contributed by atoms with E-state index < -0.39 is 0 Å². The molecule has 0 spiro atoms. The van der Waals surface area contributed by atoms with E-state index in [4.69, 9.17) is 5.11 Å². The van der Waals surface area contributed by atoms with E-state index in [1.807, 2.05) is 30.3 Å². The molecule has 0 aliphatic rings. The lowest BCUT2D eigenvalue weighted by molar-refractivity contribution is -0.127. The summed E-state index contributed by atoms with van der Waals surface area (Å²) in [5.41, 5.74) is 1.61. The van der Waals surface area contributed by atoms with Gasteiger partial charge in [-0.15, -0.1) is 0 Å². The van der Waals surface area contributed by atoms with Crippen molar-refractivity contribution in [2.75, 3.05) is 13.2 Å². The van der Waals surface area contributed by atoms with Gasteiger partial charge in [-0.2, -0.15) is 0 Å². The maximum Gasteiger partial charge on any atom is 0.246 e. The van der Waals surface area contributed by atoms with Crippen LogP contribution in [0.4, 0.5) is 4.39 Å². The lowest BCUT2D eigenvalue weighted by atomic mass is 10.2. The highest BCUT2D eigenvalue weighted by Gasteiger charge is 2.10. The molecule has 0 aliphatic carbocycles. The average Bonchev–Trinajstić information content (AvgIpc) is 2.53. The van der Waals surface area contributed by atoms with E-state index in [0.717, 1.165) is 5.56 Å². The Morgan fingerprint density at radius 3 is 2.59 bits per heavy atom. The summed E-state index contributed by atoms with van der Waals surface area (Å²) in [6, 6.07) is 15.6. The zero-order valence-corrected chi connectivity index (χ0v) is 12.2. The molecule has 0 fully saturated rings. The van der Waals surface area contributed by atoms with Crippen molar-refractivity contribution < 1.29 is 14.3 Å². The van der Waals surface area contributed by atoms with Gasteiger partial charge in [0.1, 0.15) is 5.82 Å². The Balaban J connectivity index is 2.06. The quantitative estimate of drug-likeness (QED) is 0.833. The molecule has 0 aliphatic heterocycles. The Morgan fingerprint density at radius 1 is 1.14 bits per heavy atom. The standard InChI is InChI=1S/C18H18FNO2/c19-17-8-4-7-15(13-17)9-10-18(22)20(11-12-21)14-16-5-2-1-3-6-16/h1-10,13,21H,11-12,14H2/b10-9+. The first-order chi connectivity index (χ1) is 10.7. The van der Waals surface area contributed by atoms with Gasteiger partial charge >= 0.3 is 0 Å². The third-order valence-electron chi connectivity index (χ3n) is 3.16. The molecule has 0 saturated heterocycles. The Labute approximate surface area is 129 Å². The Bertz CT molecular complexity index is 641. The van der Waals surface area contributed by atoms with Crippen LogP contribution in [0.25, 0.3) is 6.08 Å². The highest BCUT2D eigenvalue weighted by molar-refractivity contribution is 5.91. The van der Waals surface area contributed by atoms with E-state index in [-0.39, 0.29) is 24.9 Å². The minimum atomic E-state index is -0.342. The second-order valence-electron chi connectivity index (χ2n) is 4.86. The number of halogens is 1. The predicted octanol–water partition coefficient (Wildman–Crippen LogP) is 2.86. The van der Waals surface area contributed by atoms with Crippen molar-refractivity contribution in [1.29, 1.82) is 0 Å². The molecule has 0 bridgehead atoms. The van der Waals surface area contributed by atoms with Crippen LogP contribution in [-0.2, 0) is 11.3 Å². The molecule has 1 N–H and O–H groups in total. The highest BCUT2D eigenvalue weighted by atomic mass is 19.1. The maximum atomic E-state index is 13.1. The van der Waals surface area contributed by atoms with Crippen molar-refractivity contribution >= 4 is 12.0 Å². The van der Waals surface area contributed by atoms with Gasteiger partial charge in [-0.1, -0.05) is 42.5 Å². The second kappa shape index (κ2) is 8.10. The SMILES string of the molecule is O=C(/C=C/c1cccc(F)c1)N(CCO)Cc1ccccc1. The number of hydrogen-bond donors (Lipinski definition) is 1. The normalized spacial score (nSPS) is 10.8. The van der Waals surface area contributed by atoms with Crippen LogP contribution in [0.15, 0.2) is 60.7 Å². The summed E-state index contributed by atoms with van der Waals surface area (Å²) >= 11 is 0. The second-order valence-corrected chi connectivity index (χ2v) is 4.86. The molecule has 3 nitrogen and oxygen atoms in total. The van der Waals surface area contributed by atoms with Crippen LogP contribution in [0.3, 0.4) is 0 Å². The third-order valence-corrected chi connectivity index (χ3v) is 3.16. The highest BCUT2D eigenvalue weighted by Crippen LogP contribution is 2.08. The summed E-state index contributed by atoms with van der Waals surface area (Å²) in [5, 5.41) is 9.12. The maximum absolute atomic E-state index is 13.1. The molecular weight excluding hydrogens is 281 g/mol. The van der Waals surface area contributed by atoms with Gasteiger partial charge in [0, 0.05) is 19.2 Å². The molecule has 114 valence electrons. The van der Waals surface area contributed by atoms with Crippen molar-refractivity contribution in [1.82, 2.24) is 4.90 Å². The first-order valence-corrected chi connectivity index (χ1v) is 7.06. The summed E-state index contributed by atoms with van der Waals surface area (Å²) in [5.74, 6) is -0.562. The van der Waals surface area contributed by atoms with Crippen LogP contribution >= 0.6 is 0 Å². The van der Waals surface area contributed by atoms with Gasteiger partial charge in [-0.05, 0) is 29.3 Å². The molecule has 2 aromatic rings. The topological polar surface area (TPSA) is 40.5 Å². The lowest BCUT2D eigenvalue weighted by Gasteiger charge is -2.20. The van der Waals surface area contributed by atoms with Gasteiger partial charge in [-0.3, -0.25) is 4.79 Å². The van der Waals surface area contributed by atoms with E-state index in [1.165, 1.54) is 18.2 Å². The number of nitrogens with zero attached hydrogens (tertiary/aromatic N) is 1. The fourth-order valence-electron chi connectivity index (χ4n) is 2.07. The molecule has 22 heavy (non-hydrogen) atoms. The fourth-order valence-corrected chi connectivity index (χ4v) is 2.07. The van der Waals surface area contributed by atoms with E-state index in [2.05, 4.69) is 0 Å². The molecule has 0 unspecified atom stereocenters. The van der Waals surface area contributed by atoms with Crippen molar-refractivity contribution in [2.24, 2.45) is 0 Å². The third kappa shape index (κ3) is 4.82. The van der Waals surface area contributed by atoms with Gasteiger partial charge in [0.2, 0.25) is 5.91 Å². The van der Waals surface area contributed by atoms with E-state index >= 15 is 0 Å². The van der Waals surface area contributed by atoms with E-state index in [9.17, 15) is 9.18 Å². The number of carbonyl (C=O) groups is 1. The van der Waals surface area contributed by atoms with Gasteiger partial charge < -0.3 is 10.0 Å². The van der Waals surface area contributed by atoms with Gasteiger partial charge in [0.15, 0.2) is 0 Å². The number of rotatable bonds is 6. The molecule has 0 heterocycles. The van der Waals surface area contributed by atoms with Crippen LogP contribution < -0.4 is 0 Å². The predicted molar refractivity (Wildman–Crippen MR) is 84.4 cm³/mol. The van der Waals surface area contributed by atoms with Crippen molar-refractivity contribution in [3.8, 4) is 0 Å². The monoisotopic (exact) mass is 299 g/mol. The Morgan fingerprint density at radius 2 is 1.91 bits per heavy atom. The van der Waals surface area contributed by atoms with Crippen molar-refractivity contribution in [3.63, 3.8) is 0 Å². The number of aliphatic hydroxyl groups excluding tert-OH is 1. The molecule has 0 aromatic heterocycles. The van der Waals surface area contributed by atoms with Crippen molar-refractivity contribution in [2.45, 2.75) is 6.54 Å². The minimum absolute atomic E-state index is 0.105. The van der Waals surface area contributed by atoms with Crippen LogP contribution in [0.2, 0.25) is 0 Å². The minimum Gasteiger partial charge on any atom is -0.395 e. The summed E-state index contributed by atoms with van der Waals surface area (Å²) in [6.07, 6.45) is 2.97. The smallest absolute Gasteiger partial charge is 0.246 e. The molecule has 0 saturated carbocycles. The van der Waals surface area contributed by atoms with Gasteiger partial charge in [0.25, 0.3) is 0 Å². The zero-order chi connectivity index (χ0) is 15.8. The Hall–Kier alpha value is -2.46. The molecule has 2 rings (SSSR count). The summed E-state index contributed by atoms with van der Waals surface area (Å²) in [4.78, 5) is 13.8. The van der Waals surface area contributed by atoms with Crippen LogP contribution in [-0.4, -0.2) is 29.1 Å². The largest absolute Gasteiger partial charge is 0.395 e. The summed E-state index contributed by atoms with van der Waals surface area (Å²) < 4.78 is 13.1. The van der Waals surface area contributed by atoms with Crippen LogP contribution in [0, 0.1) is 5.82 Å². The molecule has 2 aromatic carbocycles. The van der Waals surface area contributed by atoms with Crippen molar-refractivity contribution in [3.05, 3.63) is 77.6 Å². The lowest BCUT2D eigenvalue weighted by Crippen LogP contribution is -2.31. The molecule has 0 atom stereocenters. The first-order valence-electron chi connectivity index (χ1n) is 7.06. The van der Waals surface area contributed by atoms with Crippen LogP contribution in [0.1, 0.15) is 11.1 Å². The van der Waals surface area contributed by atoms with Gasteiger partial charge in [0.05, 0.1) is 6.61 Å².